The molecule has 0 aliphatic carbocycles. The third-order valence-corrected chi connectivity index (χ3v) is 3.71. The van der Waals surface area contributed by atoms with Crippen molar-refractivity contribution in [3.8, 4) is 0 Å². The van der Waals surface area contributed by atoms with Gasteiger partial charge in [0.1, 0.15) is 6.17 Å². The Morgan fingerprint density at radius 1 is 1.33 bits per heavy atom. The molecule has 0 saturated carbocycles. The molecule has 18 heavy (non-hydrogen) atoms. The van der Waals surface area contributed by atoms with Crippen molar-refractivity contribution in [1.29, 1.82) is 0 Å². The summed E-state index contributed by atoms with van der Waals surface area (Å²) in [7, 11) is 0. The van der Waals surface area contributed by atoms with Crippen molar-refractivity contribution in [3.63, 3.8) is 0 Å². The van der Waals surface area contributed by atoms with Crippen LogP contribution in [0, 0.1) is 5.92 Å². The molecule has 0 fully saturated rings. The highest BCUT2D eigenvalue weighted by Gasteiger charge is 2.33. The van der Waals surface area contributed by atoms with Gasteiger partial charge in [0.25, 0.3) is 5.91 Å². The SMILES string of the molecule is CCCCN1C(=O)C(C)=C(C)[C@@H]1NCCC(C)C. The van der Waals surface area contributed by atoms with E-state index in [-0.39, 0.29) is 12.1 Å². The van der Waals surface area contributed by atoms with E-state index in [2.05, 4.69) is 33.0 Å². The Morgan fingerprint density at radius 2 is 2.00 bits per heavy atom. The second-order valence-corrected chi connectivity index (χ2v) is 5.70. The highest BCUT2D eigenvalue weighted by atomic mass is 16.2. The third kappa shape index (κ3) is 3.58. The van der Waals surface area contributed by atoms with Crippen LogP contribution >= 0.6 is 0 Å². The molecule has 1 amide bonds. The van der Waals surface area contributed by atoms with Crippen LogP contribution in [0.3, 0.4) is 0 Å². The summed E-state index contributed by atoms with van der Waals surface area (Å²) >= 11 is 0. The molecule has 1 N–H and O–H groups in total. The molecule has 1 aliphatic heterocycles. The van der Waals surface area contributed by atoms with E-state index in [0.29, 0.717) is 5.92 Å². The molecular formula is C15H28N2O. The zero-order valence-electron chi connectivity index (χ0n) is 12.5. The lowest BCUT2D eigenvalue weighted by atomic mass is 10.1. The van der Waals surface area contributed by atoms with Crippen LogP contribution in [-0.2, 0) is 4.79 Å². The zero-order valence-corrected chi connectivity index (χ0v) is 12.5. The van der Waals surface area contributed by atoms with Crippen molar-refractivity contribution >= 4 is 5.91 Å². The predicted molar refractivity (Wildman–Crippen MR) is 76.2 cm³/mol. The summed E-state index contributed by atoms with van der Waals surface area (Å²) in [6.45, 7) is 12.5. The first-order chi connectivity index (χ1) is 8.49. The molecule has 0 aromatic rings. The molecule has 104 valence electrons. The molecule has 0 bridgehead atoms. The maximum atomic E-state index is 12.2. The van der Waals surface area contributed by atoms with E-state index in [1.54, 1.807) is 0 Å². The van der Waals surface area contributed by atoms with E-state index in [1.165, 1.54) is 5.57 Å². The molecule has 0 spiro atoms. The Hall–Kier alpha value is -0.830. The van der Waals surface area contributed by atoms with Crippen LogP contribution in [0.4, 0.5) is 0 Å². The smallest absolute Gasteiger partial charge is 0.251 e. The monoisotopic (exact) mass is 252 g/mol. The number of carbonyl (C=O) groups is 1. The molecule has 1 heterocycles. The van der Waals surface area contributed by atoms with Crippen LogP contribution in [0.5, 0.6) is 0 Å². The summed E-state index contributed by atoms with van der Waals surface area (Å²) in [6.07, 6.45) is 3.48. The van der Waals surface area contributed by atoms with Crippen LogP contribution in [0.2, 0.25) is 0 Å². The summed E-state index contributed by atoms with van der Waals surface area (Å²) in [4.78, 5) is 14.2. The summed E-state index contributed by atoms with van der Waals surface area (Å²) in [5.74, 6) is 0.909. The minimum atomic E-state index is 0.128. The Morgan fingerprint density at radius 3 is 2.56 bits per heavy atom. The van der Waals surface area contributed by atoms with Crippen LogP contribution < -0.4 is 5.32 Å². The molecule has 3 heteroatoms. The van der Waals surface area contributed by atoms with Gasteiger partial charge in [-0.05, 0) is 44.7 Å². The lowest BCUT2D eigenvalue weighted by molar-refractivity contribution is -0.127. The maximum absolute atomic E-state index is 12.2. The molecular weight excluding hydrogens is 224 g/mol. The first-order valence-electron chi connectivity index (χ1n) is 7.20. The Balaban J connectivity index is 2.61. The Kier molecular flexibility index (Phi) is 5.86. The second kappa shape index (κ2) is 6.93. The van der Waals surface area contributed by atoms with Gasteiger partial charge in [-0.2, -0.15) is 0 Å². The first kappa shape index (κ1) is 15.2. The van der Waals surface area contributed by atoms with E-state index >= 15 is 0 Å². The van der Waals surface area contributed by atoms with E-state index < -0.39 is 0 Å². The van der Waals surface area contributed by atoms with Gasteiger partial charge in [-0.3, -0.25) is 10.1 Å². The molecule has 1 rings (SSSR count). The highest BCUT2D eigenvalue weighted by Crippen LogP contribution is 2.24. The van der Waals surface area contributed by atoms with Crippen molar-refractivity contribution in [2.24, 2.45) is 5.92 Å². The highest BCUT2D eigenvalue weighted by molar-refractivity contribution is 5.96. The standard InChI is InChI=1S/C15H28N2O/c1-6-7-10-17-14(16-9-8-11(2)3)12(4)13(5)15(17)18/h11,14,16H,6-10H2,1-5H3/t14-/m1/s1. The maximum Gasteiger partial charge on any atom is 0.251 e. The van der Waals surface area contributed by atoms with Gasteiger partial charge >= 0.3 is 0 Å². The molecule has 0 aromatic heterocycles. The molecule has 0 radical (unpaired) electrons. The number of rotatable bonds is 7. The fraction of sp³-hybridized carbons (Fsp3) is 0.800. The molecule has 0 aromatic carbocycles. The van der Waals surface area contributed by atoms with Gasteiger partial charge in [0.2, 0.25) is 0 Å². The van der Waals surface area contributed by atoms with Gasteiger partial charge in [-0.15, -0.1) is 0 Å². The topological polar surface area (TPSA) is 32.3 Å². The van der Waals surface area contributed by atoms with Gasteiger partial charge in [0.05, 0.1) is 0 Å². The van der Waals surface area contributed by atoms with Crippen LogP contribution in [0.1, 0.15) is 53.9 Å². The Bertz CT molecular complexity index is 320. The van der Waals surface area contributed by atoms with Gasteiger partial charge in [-0.1, -0.05) is 27.2 Å². The number of nitrogens with zero attached hydrogens (tertiary/aromatic N) is 1. The van der Waals surface area contributed by atoms with Crippen molar-refractivity contribution in [2.45, 2.75) is 60.0 Å². The molecule has 1 atom stereocenters. The van der Waals surface area contributed by atoms with Crippen LogP contribution in [-0.4, -0.2) is 30.1 Å². The minimum absolute atomic E-state index is 0.128. The van der Waals surface area contributed by atoms with Crippen molar-refractivity contribution in [2.75, 3.05) is 13.1 Å². The number of hydrogen-bond acceptors (Lipinski definition) is 2. The molecule has 1 aliphatic rings. The summed E-state index contributed by atoms with van der Waals surface area (Å²) < 4.78 is 0. The molecule has 3 nitrogen and oxygen atoms in total. The number of carbonyl (C=O) groups excluding carboxylic acids is 1. The summed E-state index contributed by atoms with van der Waals surface area (Å²) in [5.41, 5.74) is 2.12. The third-order valence-electron chi connectivity index (χ3n) is 3.71. The minimum Gasteiger partial charge on any atom is -0.320 e. The fourth-order valence-corrected chi connectivity index (χ4v) is 2.27. The quantitative estimate of drug-likeness (QED) is 0.755. The van der Waals surface area contributed by atoms with Gasteiger partial charge in [0.15, 0.2) is 0 Å². The van der Waals surface area contributed by atoms with E-state index in [0.717, 1.165) is 37.9 Å². The van der Waals surface area contributed by atoms with E-state index in [4.69, 9.17) is 0 Å². The zero-order chi connectivity index (χ0) is 13.7. The number of unbranched alkanes of at least 4 members (excludes halogenated alkanes) is 1. The number of nitrogens with one attached hydrogen (secondary N) is 1. The average Bonchev–Trinajstić information content (AvgIpc) is 2.52. The lowest BCUT2D eigenvalue weighted by Crippen LogP contribution is -2.46. The predicted octanol–water partition coefficient (Wildman–Crippen LogP) is 2.93. The van der Waals surface area contributed by atoms with Crippen molar-refractivity contribution < 1.29 is 4.79 Å². The lowest BCUT2D eigenvalue weighted by Gasteiger charge is -2.27. The number of amides is 1. The molecule has 0 saturated heterocycles. The molecule has 0 unspecified atom stereocenters. The first-order valence-corrected chi connectivity index (χ1v) is 7.20. The van der Waals surface area contributed by atoms with Crippen molar-refractivity contribution in [3.05, 3.63) is 11.1 Å². The van der Waals surface area contributed by atoms with Gasteiger partial charge in [-0.25, -0.2) is 0 Å². The van der Waals surface area contributed by atoms with E-state index in [1.807, 2.05) is 11.8 Å². The van der Waals surface area contributed by atoms with Crippen LogP contribution in [0.25, 0.3) is 0 Å². The Labute approximate surface area is 112 Å². The number of hydrogen-bond donors (Lipinski definition) is 1. The summed E-state index contributed by atoms with van der Waals surface area (Å²) in [6, 6.07) is 0. The van der Waals surface area contributed by atoms with Crippen LogP contribution in [0.15, 0.2) is 11.1 Å². The average molecular weight is 252 g/mol. The largest absolute Gasteiger partial charge is 0.320 e. The summed E-state index contributed by atoms with van der Waals surface area (Å²) in [5, 5.41) is 3.53. The van der Waals surface area contributed by atoms with Crippen molar-refractivity contribution in [1.82, 2.24) is 10.2 Å². The normalized spacial score (nSPS) is 20.4. The van der Waals surface area contributed by atoms with E-state index in [9.17, 15) is 4.79 Å². The fourth-order valence-electron chi connectivity index (χ4n) is 2.27. The van der Waals surface area contributed by atoms with Gasteiger partial charge < -0.3 is 4.90 Å². The van der Waals surface area contributed by atoms with Gasteiger partial charge in [0, 0.05) is 12.1 Å². The second-order valence-electron chi connectivity index (χ2n) is 5.70.